The van der Waals surface area contributed by atoms with Crippen LogP contribution in [0.2, 0.25) is 0 Å². The molecule has 0 unspecified atom stereocenters. The molecule has 0 aromatic carbocycles. The quantitative estimate of drug-likeness (QED) is 0.104. The summed E-state index contributed by atoms with van der Waals surface area (Å²) in [6, 6.07) is -1.27. The number of amides is 3. The third-order valence-corrected chi connectivity index (χ3v) is 4.01. The largest absolute Gasteiger partial charge is 0.480 e. The maximum absolute atomic E-state index is 11.7. The maximum Gasteiger partial charge on any atom is 0.335 e. The summed E-state index contributed by atoms with van der Waals surface area (Å²) in [6.07, 6.45) is -8.77. The van der Waals surface area contributed by atoms with Gasteiger partial charge in [0, 0.05) is 32.4 Å². The Morgan fingerprint density at radius 1 is 0.750 bits per heavy atom. The molecule has 0 aliphatic rings. The third-order valence-electron chi connectivity index (χ3n) is 4.01. The number of aliphatic hydroxyl groups excluding tert-OH is 4. The first-order chi connectivity index (χ1) is 14.9. The highest BCUT2D eigenvalue weighted by molar-refractivity contribution is 5.85. The van der Waals surface area contributed by atoms with Crippen LogP contribution in [0.15, 0.2) is 0 Å². The molecule has 0 fully saturated rings. The predicted molar refractivity (Wildman–Crippen MR) is 101 cm³/mol. The van der Waals surface area contributed by atoms with Crippen LogP contribution in [0.1, 0.15) is 25.7 Å². The van der Waals surface area contributed by atoms with Gasteiger partial charge < -0.3 is 46.6 Å². The fourth-order valence-corrected chi connectivity index (χ4v) is 2.21. The van der Waals surface area contributed by atoms with Gasteiger partial charge in [-0.25, -0.2) is 9.59 Å². The van der Waals surface area contributed by atoms with Crippen molar-refractivity contribution in [2.45, 2.75) is 56.1 Å². The van der Waals surface area contributed by atoms with E-state index in [2.05, 4.69) is 10.6 Å². The molecule has 0 spiro atoms. The van der Waals surface area contributed by atoms with E-state index in [1.807, 2.05) is 5.32 Å². The lowest BCUT2D eigenvalue weighted by molar-refractivity contribution is -0.166. The molecule has 0 heterocycles. The molecule has 15 heteroatoms. The van der Waals surface area contributed by atoms with E-state index in [-0.39, 0.29) is 38.8 Å². The van der Waals surface area contributed by atoms with Gasteiger partial charge in [-0.2, -0.15) is 0 Å². The Morgan fingerprint density at radius 3 is 1.81 bits per heavy atom. The monoisotopic (exact) mass is 464 g/mol. The van der Waals surface area contributed by atoms with Gasteiger partial charge in [-0.15, -0.1) is 0 Å². The van der Waals surface area contributed by atoms with E-state index >= 15 is 0 Å². The van der Waals surface area contributed by atoms with Crippen molar-refractivity contribution < 1.29 is 59.4 Å². The second kappa shape index (κ2) is 14.8. The number of carbonyl (C=O) groups is 5. The van der Waals surface area contributed by atoms with Crippen molar-refractivity contribution in [3.8, 4) is 0 Å². The van der Waals surface area contributed by atoms with Gasteiger partial charge in [0.05, 0.1) is 0 Å². The summed E-state index contributed by atoms with van der Waals surface area (Å²) < 4.78 is 0. The number of hydrogen-bond acceptors (Lipinski definition) is 10. The summed E-state index contributed by atoms with van der Waals surface area (Å²) in [5, 5.41) is 61.6. The van der Waals surface area contributed by atoms with Crippen molar-refractivity contribution in [2.75, 3.05) is 13.1 Å². The Balaban J connectivity index is 4.25. The minimum atomic E-state index is -2.44. The molecule has 0 aliphatic heterocycles. The zero-order valence-electron chi connectivity index (χ0n) is 16.8. The highest BCUT2D eigenvalue weighted by Gasteiger charge is 2.37. The summed E-state index contributed by atoms with van der Waals surface area (Å²) in [5.74, 6) is -5.76. The SMILES string of the molecule is O=[C]CC[C@H](NC(=O)CCNC(=O)CCNC(=O)[C@H](O)[C@H](O)[C@H](O)[C@@H](O)C(=O)O)C(=O)O. The number of carboxylic acids is 2. The molecule has 0 aromatic heterocycles. The van der Waals surface area contributed by atoms with Crippen LogP contribution in [0.4, 0.5) is 0 Å². The summed E-state index contributed by atoms with van der Waals surface area (Å²) in [4.78, 5) is 66.7. The van der Waals surface area contributed by atoms with Gasteiger partial charge in [-0.3, -0.25) is 19.2 Å². The molecule has 0 saturated carbocycles. The molecule has 9 N–H and O–H groups in total. The lowest BCUT2D eigenvalue weighted by Gasteiger charge is -2.23. The van der Waals surface area contributed by atoms with Crippen molar-refractivity contribution in [1.29, 1.82) is 0 Å². The van der Waals surface area contributed by atoms with Gasteiger partial charge in [0.1, 0.15) is 18.2 Å². The molecule has 181 valence electrons. The van der Waals surface area contributed by atoms with Gasteiger partial charge in [0.15, 0.2) is 18.5 Å². The number of nitrogens with one attached hydrogen (secondary N) is 3. The highest BCUT2D eigenvalue weighted by Crippen LogP contribution is 2.06. The number of aliphatic carboxylic acids is 2. The Kier molecular flexibility index (Phi) is 13.3. The fourth-order valence-electron chi connectivity index (χ4n) is 2.21. The summed E-state index contributed by atoms with van der Waals surface area (Å²) in [5.41, 5.74) is 0. The first-order valence-corrected chi connectivity index (χ1v) is 9.29. The zero-order chi connectivity index (χ0) is 24.8. The molecular weight excluding hydrogens is 438 g/mol. The normalized spacial score (nSPS) is 15.4. The second-order valence-corrected chi connectivity index (χ2v) is 6.49. The van der Waals surface area contributed by atoms with Crippen molar-refractivity contribution in [1.82, 2.24) is 16.0 Å². The first kappa shape index (κ1) is 28.9. The van der Waals surface area contributed by atoms with Gasteiger partial charge in [0.25, 0.3) is 5.91 Å². The maximum atomic E-state index is 11.7. The summed E-state index contributed by atoms with van der Waals surface area (Å²) >= 11 is 0. The number of carboxylic acid groups (broad SMARTS) is 2. The average Bonchev–Trinajstić information content (AvgIpc) is 2.73. The summed E-state index contributed by atoms with van der Waals surface area (Å²) in [7, 11) is 0. The van der Waals surface area contributed by atoms with Crippen LogP contribution in [-0.4, -0.2) is 110 Å². The number of rotatable bonds is 16. The van der Waals surface area contributed by atoms with Crippen LogP contribution in [0.5, 0.6) is 0 Å². The highest BCUT2D eigenvalue weighted by atomic mass is 16.4. The lowest BCUT2D eigenvalue weighted by Crippen LogP contribution is -2.52. The molecule has 0 bridgehead atoms. The van der Waals surface area contributed by atoms with Crippen LogP contribution in [0.3, 0.4) is 0 Å². The summed E-state index contributed by atoms with van der Waals surface area (Å²) in [6.45, 7) is -0.493. The Bertz CT molecular complexity index is 686. The smallest absolute Gasteiger partial charge is 0.335 e. The van der Waals surface area contributed by atoms with E-state index in [1.165, 1.54) is 6.29 Å². The lowest BCUT2D eigenvalue weighted by atomic mass is 10.0. The van der Waals surface area contributed by atoms with Gasteiger partial charge in [-0.1, -0.05) is 0 Å². The van der Waals surface area contributed by atoms with Crippen LogP contribution < -0.4 is 16.0 Å². The molecule has 0 rings (SSSR count). The molecule has 15 nitrogen and oxygen atoms in total. The average molecular weight is 464 g/mol. The van der Waals surface area contributed by atoms with Gasteiger partial charge >= 0.3 is 11.9 Å². The third kappa shape index (κ3) is 10.8. The van der Waals surface area contributed by atoms with E-state index in [1.54, 1.807) is 0 Å². The molecule has 0 aliphatic carbocycles. The molecule has 32 heavy (non-hydrogen) atoms. The number of aliphatic hydroxyl groups is 4. The van der Waals surface area contributed by atoms with Crippen molar-refractivity contribution in [3.05, 3.63) is 0 Å². The topological polar surface area (TPSA) is 260 Å². The van der Waals surface area contributed by atoms with E-state index in [9.17, 15) is 44.1 Å². The standard InChI is InChI=1S/C17H26N3O12/c21-7-1-2-8(16(29)30)20-10(23)4-5-18-9(22)3-6-19-15(28)13(26)11(24)12(25)14(27)17(31)32/h8,11-14,24-27H,1-6H2,(H,18,22)(H,19,28)(H,20,23)(H,29,30)(H,31,32)/t8-,11+,12-,13+,14+/m0/s1. The molecular formula is C17H26N3O12. The van der Waals surface area contributed by atoms with Crippen molar-refractivity contribution in [2.24, 2.45) is 0 Å². The molecule has 5 atom stereocenters. The van der Waals surface area contributed by atoms with E-state index < -0.39 is 60.1 Å². The number of carbonyl (C=O) groups excluding carboxylic acids is 4. The van der Waals surface area contributed by atoms with Crippen molar-refractivity contribution >= 4 is 35.9 Å². The Morgan fingerprint density at radius 2 is 1.28 bits per heavy atom. The fraction of sp³-hybridized carbons (Fsp3) is 0.647. The second-order valence-electron chi connectivity index (χ2n) is 6.49. The molecule has 0 aromatic rings. The van der Waals surface area contributed by atoms with Gasteiger partial charge in [0.2, 0.25) is 11.8 Å². The van der Waals surface area contributed by atoms with E-state index in [0.717, 1.165) is 0 Å². The van der Waals surface area contributed by atoms with Gasteiger partial charge in [-0.05, 0) is 6.42 Å². The van der Waals surface area contributed by atoms with Crippen LogP contribution in [0, 0.1) is 0 Å². The Hall–Kier alpha value is -3.14. The Labute approximate surface area is 181 Å². The number of hydrogen-bond donors (Lipinski definition) is 9. The molecule has 0 saturated heterocycles. The van der Waals surface area contributed by atoms with Crippen LogP contribution in [-0.2, 0) is 28.8 Å². The van der Waals surface area contributed by atoms with E-state index in [4.69, 9.17) is 15.3 Å². The van der Waals surface area contributed by atoms with Crippen LogP contribution in [0.25, 0.3) is 0 Å². The zero-order valence-corrected chi connectivity index (χ0v) is 16.8. The molecule has 1 radical (unpaired) electrons. The minimum Gasteiger partial charge on any atom is -0.480 e. The molecule has 3 amide bonds. The first-order valence-electron chi connectivity index (χ1n) is 9.29. The van der Waals surface area contributed by atoms with Crippen LogP contribution >= 0.6 is 0 Å². The van der Waals surface area contributed by atoms with Crippen molar-refractivity contribution in [3.63, 3.8) is 0 Å². The predicted octanol–water partition coefficient (Wildman–Crippen LogP) is -5.01. The van der Waals surface area contributed by atoms with E-state index in [0.29, 0.717) is 0 Å². The minimum absolute atomic E-state index is 0.135.